The molecular formula is C20H29N6O3S+. The number of aromatic nitrogens is 5. The van der Waals surface area contributed by atoms with Crippen molar-refractivity contribution in [3.05, 3.63) is 39.8 Å². The third kappa shape index (κ3) is 4.59. The van der Waals surface area contributed by atoms with E-state index in [2.05, 4.69) is 15.6 Å². The molecule has 0 fully saturated rings. The summed E-state index contributed by atoms with van der Waals surface area (Å²) in [6, 6.07) is 6.22. The summed E-state index contributed by atoms with van der Waals surface area (Å²) in [6.07, 6.45) is 0.383. The van der Waals surface area contributed by atoms with Gasteiger partial charge in [0.2, 0.25) is 0 Å². The van der Waals surface area contributed by atoms with Crippen LogP contribution in [0, 0.1) is 5.41 Å². The van der Waals surface area contributed by atoms with E-state index in [1.807, 2.05) is 26.8 Å². The highest BCUT2D eigenvalue weighted by molar-refractivity contribution is 7.01. The van der Waals surface area contributed by atoms with Crippen molar-refractivity contribution in [1.29, 1.82) is 0 Å². The van der Waals surface area contributed by atoms with Gasteiger partial charge in [-0.15, -0.1) is 0 Å². The number of benzene rings is 1. The number of imidazole rings is 1. The average molecular weight is 434 g/mol. The molecule has 2 heterocycles. The lowest BCUT2D eigenvalue weighted by Crippen LogP contribution is -2.42. The molecule has 0 spiro atoms. The smallest absolute Gasteiger partial charge is 0.337 e. The Morgan fingerprint density at radius 3 is 2.40 bits per heavy atom. The van der Waals surface area contributed by atoms with Gasteiger partial charge in [0.05, 0.1) is 21.7 Å². The fourth-order valence-electron chi connectivity index (χ4n) is 3.23. The van der Waals surface area contributed by atoms with E-state index in [1.54, 1.807) is 43.2 Å². The van der Waals surface area contributed by atoms with Crippen molar-refractivity contribution in [3.63, 3.8) is 0 Å². The quantitative estimate of drug-likeness (QED) is 0.599. The number of aliphatic hydroxyl groups is 1. The third-order valence-electron chi connectivity index (χ3n) is 4.86. The molecule has 9 nitrogen and oxygen atoms in total. The molecule has 0 radical (unpaired) electrons. The van der Waals surface area contributed by atoms with E-state index in [-0.39, 0.29) is 5.41 Å². The van der Waals surface area contributed by atoms with E-state index in [0.717, 1.165) is 4.57 Å². The van der Waals surface area contributed by atoms with E-state index in [9.17, 15) is 14.7 Å². The molecule has 0 unspecified atom stereocenters. The second-order valence-corrected chi connectivity index (χ2v) is 10.3. The molecule has 0 saturated carbocycles. The Kier molecular flexibility index (Phi) is 5.83. The topological polar surface area (TPSA) is 106 Å². The minimum absolute atomic E-state index is 0.304. The molecule has 162 valence electrons. The first-order valence-electron chi connectivity index (χ1n) is 9.82. The number of nitrogens with zero attached hydrogens (tertiary/aromatic N) is 5. The fourth-order valence-corrected chi connectivity index (χ4v) is 4.17. The van der Waals surface area contributed by atoms with Crippen LogP contribution >= 0.6 is 11.5 Å². The average Bonchev–Trinajstić information content (AvgIpc) is 3.16. The van der Waals surface area contributed by atoms with Gasteiger partial charge in [-0.2, -0.15) is 0 Å². The van der Waals surface area contributed by atoms with E-state index < -0.39 is 23.4 Å². The molecule has 2 aromatic heterocycles. The van der Waals surface area contributed by atoms with Gasteiger partial charge < -0.3 is 10.4 Å². The Balaban J connectivity index is 2.02. The van der Waals surface area contributed by atoms with Crippen molar-refractivity contribution in [3.8, 4) is 0 Å². The normalized spacial score (nSPS) is 13.6. The standard InChI is InChI=1S/C20H28N6O3S/c1-19(2,3)15(16-22-23-24(6)30-16)21-17(27)26-14-10-8-7-9-13(14)25(18(26)28)12-11-20(4,5)29/h7-10,15,29H,11-12H2,1-6H3/p+1/t15-/m1/s1. The van der Waals surface area contributed by atoms with Crippen molar-refractivity contribution in [2.75, 3.05) is 0 Å². The number of carbonyl (C=O) groups excluding carboxylic acids is 1. The molecule has 0 saturated heterocycles. The zero-order chi connectivity index (χ0) is 22.3. The molecule has 10 heteroatoms. The van der Waals surface area contributed by atoms with Gasteiger partial charge in [-0.05, 0) is 37.8 Å². The predicted molar refractivity (Wildman–Crippen MR) is 114 cm³/mol. The maximum Gasteiger partial charge on any atom is 0.337 e. The van der Waals surface area contributed by atoms with Crippen LogP contribution in [0.2, 0.25) is 0 Å². The molecule has 1 amide bonds. The van der Waals surface area contributed by atoms with Crippen molar-refractivity contribution in [1.82, 2.24) is 24.8 Å². The van der Waals surface area contributed by atoms with Crippen LogP contribution in [0.25, 0.3) is 11.0 Å². The van der Waals surface area contributed by atoms with Crippen molar-refractivity contribution in [2.24, 2.45) is 12.5 Å². The second-order valence-electron chi connectivity index (χ2n) is 9.15. The molecule has 0 aliphatic heterocycles. The molecule has 0 aliphatic carbocycles. The predicted octanol–water partition coefficient (Wildman–Crippen LogP) is 1.99. The molecule has 0 bridgehead atoms. The number of carbonyl (C=O) groups is 1. The summed E-state index contributed by atoms with van der Waals surface area (Å²) in [5.74, 6) is 0. The zero-order valence-corrected chi connectivity index (χ0v) is 19.0. The molecule has 0 aliphatic rings. The number of para-hydroxylation sites is 2. The van der Waals surface area contributed by atoms with Crippen molar-refractivity contribution >= 4 is 28.6 Å². The SMILES string of the molecule is C[n+]1nnc([C@@H](NC(=O)n2c(=O)n(CCC(C)(C)O)c3ccccc32)C(C)(C)C)s1. The summed E-state index contributed by atoms with van der Waals surface area (Å²) >= 11 is 1.34. The highest BCUT2D eigenvalue weighted by Gasteiger charge is 2.36. The molecular weight excluding hydrogens is 404 g/mol. The lowest BCUT2D eigenvalue weighted by atomic mass is 9.87. The summed E-state index contributed by atoms with van der Waals surface area (Å²) in [5.41, 5.74) is -0.531. The Bertz CT molecular complexity index is 1120. The Hall–Kier alpha value is -2.59. The van der Waals surface area contributed by atoms with Gasteiger partial charge in [0.1, 0.15) is 24.6 Å². The van der Waals surface area contributed by atoms with Gasteiger partial charge in [-0.3, -0.25) is 4.57 Å². The molecule has 3 aromatic rings. The van der Waals surface area contributed by atoms with E-state index in [0.29, 0.717) is 29.0 Å². The fraction of sp³-hybridized carbons (Fsp3) is 0.550. The number of nitrogens with one attached hydrogen (secondary N) is 1. The van der Waals surface area contributed by atoms with Crippen LogP contribution in [0.15, 0.2) is 29.1 Å². The molecule has 1 atom stereocenters. The Morgan fingerprint density at radius 1 is 1.23 bits per heavy atom. The van der Waals surface area contributed by atoms with Gasteiger partial charge in [-0.25, -0.2) is 14.2 Å². The maximum absolute atomic E-state index is 13.3. The van der Waals surface area contributed by atoms with Gasteiger partial charge >= 0.3 is 11.7 Å². The van der Waals surface area contributed by atoms with E-state index in [1.165, 1.54) is 16.1 Å². The second kappa shape index (κ2) is 7.92. The third-order valence-corrected chi connectivity index (χ3v) is 5.70. The Morgan fingerprint density at radius 2 is 1.87 bits per heavy atom. The highest BCUT2D eigenvalue weighted by atomic mass is 32.1. The van der Waals surface area contributed by atoms with E-state index in [4.69, 9.17) is 0 Å². The van der Waals surface area contributed by atoms with Crippen LogP contribution in [0.4, 0.5) is 4.79 Å². The summed E-state index contributed by atoms with van der Waals surface area (Å²) in [5, 5.41) is 21.9. The zero-order valence-electron chi connectivity index (χ0n) is 18.2. The van der Waals surface area contributed by atoms with Crippen LogP contribution in [-0.4, -0.2) is 36.2 Å². The van der Waals surface area contributed by atoms with Crippen LogP contribution in [0.1, 0.15) is 52.1 Å². The van der Waals surface area contributed by atoms with Crippen LogP contribution in [-0.2, 0) is 13.6 Å². The number of rotatable bonds is 5. The first-order chi connectivity index (χ1) is 13.9. The lowest BCUT2D eigenvalue weighted by Gasteiger charge is -2.27. The number of hydrogen-bond acceptors (Lipinski definition) is 6. The van der Waals surface area contributed by atoms with Gasteiger partial charge in [0, 0.05) is 6.54 Å². The minimum atomic E-state index is -0.921. The molecule has 2 N–H and O–H groups in total. The van der Waals surface area contributed by atoms with Crippen LogP contribution < -0.4 is 15.1 Å². The summed E-state index contributed by atoms with van der Waals surface area (Å²) in [4.78, 5) is 26.4. The largest absolute Gasteiger partial charge is 0.390 e. The monoisotopic (exact) mass is 433 g/mol. The summed E-state index contributed by atoms with van der Waals surface area (Å²) in [6.45, 7) is 9.68. The summed E-state index contributed by atoms with van der Waals surface area (Å²) < 4.78 is 4.30. The molecule has 30 heavy (non-hydrogen) atoms. The highest BCUT2D eigenvalue weighted by Crippen LogP contribution is 2.32. The first-order valence-corrected chi connectivity index (χ1v) is 10.6. The lowest BCUT2D eigenvalue weighted by molar-refractivity contribution is -0.668. The van der Waals surface area contributed by atoms with Crippen molar-refractivity contribution in [2.45, 2.75) is 59.2 Å². The minimum Gasteiger partial charge on any atom is -0.390 e. The number of aryl methyl sites for hydroxylation is 2. The van der Waals surface area contributed by atoms with Crippen LogP contribution in [0.5, 0.6) is 0 Å². The number of fused-ring (bicyclic) bond motifs is 1. The van der Waals surface area contributed by atoms with E-state index >= 15 is 0 Å². The summed E-state index contributed by atoms with van der Waals surface area (Å²) in [7, 11) is 1.78. The van der Waals surface area contributed by atoms with Gasteiger partial charge in [0.25, 0.3) is 5.01 Å². The van der Waals surface area contributed by atoms with Crippen LogP contribution in [0.3, 0.4) is 0 Å². The Labute approximate surface area is 179 Å². The number of amides is 1. The number of hydrogen-bond donors (Lipinski definition) is 2. The molecule has 3 rings (SSSR count). The first kappa shape index (κ1) is 22.1. The van der Waals surface area contributed by atoms with Gasteiger partial charge in [0.15, 0.2) is 5.21 Å². The van der Waals surface area contributed by atoms with Gasteiger partial charge in [-0.1, -0.05) is 37.0 Å². The van der Waals surface area contributed by atoms with Crippen molar-refractivity contribution < 1.29 is 14.0 Å². The maximum atomic E-state index is 13.3. The molecule has 1 aromatic carbocycles.